The molecule has 1 aromatic heterocycles. The van der Waals surface area contributed by atoms with Gasteiger partial charge in [-0.2, -0.15) is 0 Å². The van der Waals surface area contributed by atoms with Crippen molar-refractivity contribution >= 4 is 17.7 Å². The van der Waals surface area contributed by atoms with Gasteiger partial charge in [-0.15, -0.1) is 0 Å². The maximum atomic E-state index is 10.7. The second-order valence-electron chi connectivity index (χ2n) is 5.58. The number of carbonyl (C=O) groups is 1. The summed E-state index contributed by atoms with van der Waals surface area (Å²) in [5.74, 6) is -0.389. The van der Waals surface area contributed by atoms with Crippen molar-refractivity contribution in [3.8, 4) is 0 Å². The van der Waals surface area contributed by atoms with Crippen molar-refractivity contribution in [3.63, 3.8) is 0 Å². The van der Waals surface area contributed by atoms with Gasteiger partial charge in [-0.3, -0.25) is 4.79 Å². The molecule has 0 saturated heterocycles. The van der Waals surface area contributed by atoms with Crippen LogP contribution in [0.25, 0.3) is 0 Å². The maximum Gasteiger partial charge on any atom is 0.313 e. The summed E-state index contributed by atoms with van der Waals surface area (Å²) < 4.78 is 7.69. The van der Waals surface area contributed by atoms with E-state index in [1.165, 1.54) is 11.8 Å². The Bertz CT molecular complexity index is 444. The molecule has 0 atom stereocenters. The van der Waals surface area contributed by atoms with Crippen LogP contribution in [0.2, 0.25) is 0 Å². The quantitative estimate of drug-likeness (QED) is 0.530. The van der Waals surface area contributed by atoms with Crippen LogP contribution in [0.1, 0.15) is 52.1 Å². The Kier molecular flexibility index (Phi) is 7.82. The second-order valence-corrected chi connectivity index (χ2v) is 6.52. The molecule has 21 heavy (non-hydrogen) atoms. The van der Waals surface area contributed by atoms with Crippen LogP contribution in [0.3, 0.4) is 0 Å². The van der Waals surface area contributed by atoms with Crippen molar-refractivity contribution in [3.05, 3.63) is 11.9 Å². The highest BCUT2D eigenvalue weighted by molar-refractivity contribution is 7.99. The van der Waals surface area contributed by atoms with E-state index in [1.807, 2.05) is 20.0 Å². The number of unbranched alkanes of at least 4 members (excludes halogenated alkanes) is 1. The predicted molar refractivity (Wildman–Crippen MR) is 85.0 cm³/mol. The monoisotopic (exact) mass is 314 g/mol. The van der Waals surface area contributed by atoms with Crippen LogP contribution in [-0.2, 0) is 16.1 Å². The number of hydrogen-bond donors (Lipinski definition) is 1. The van der Waals surface area contributed by atoms with E-state index in [0.717, 1.165) is 36.8 Å². The fourth-order valence-electron chi connectivity index (χ4n) is 1.99. The molecule has 0 amide bonds. The molecule has 1 N–H and O–H groups in total. The topological polar surface area (TPSA) is 64.4 Å². The van der Waals surface area contributed by atoms with Gasteiger partial charge in [0.2, 0.25) is 0 Å². The van der Waals surface area contributed by atoms with Gasteiger partial charge in [-0.25, -0.2) is 4.98 Å². The maximum absolute atomic E-state index is 10.7. The first-order valence-electron chi connectivity index (χ1n) is 7.43. The van der Waals surface area contributed by atoms with Crippen molar-refractivity contribution in [2.24, 2.45) is 0 Å². The molecule has 0 aliphatic heterocycles. The number of nitrogens with zero attached hydrogens (tertiary/aromatic N) is 2. The SMILES string of the molecule is CC(C)OCCCCn1c(C(C)C)cnc1SCC(=O)O. The Morgan fingerprint density at radius 3 is 2.67 bits per heavy atom. The van der Waals surface area contributed by atoms with Crippen molar-refractivity contribution in [1.29, 1.82) is 0 Å². The molecule has 0 fully saturated rings. The number of hydrogen-bond acceptors (Lipinski definition) is 4. The van der Waals surface area contributed by atoms with E-state index >= 15 is 0 Å². The van der Waals surface area contributed by atoms with Gasteiger partial charge in [0, 0.05) is 25.0 Å². The summed E-state index contributed by atoms with van der Waals surface area (Å²) in [4.78, 5) is 15.1. The minimum atomic E-state index is -0.814. The zero-order valence-corrected chi connectivity index (χ0v) is 14.2. The number of carboxylic acid groups (broad SMARTS) is 1. The van der Waals surface area contributed by atoms with Crippen molar-refractivity contribution in [1.82, 2.24) is 9.55 Å². The molecule has 0 unspecified atom stereocenters. The average molecular weight is 314 g/mol. The third-order valence-electron chi connectivity index (χ3n) is 2.99. The summed E-state index contributed by atoms with van der Waals surface area (Å²) in [6.07, 6.45) is 4.13. The molecule has 1 rings (SSSR count). The van der Waals surface area contributed by atoms with E-state index < -0.39 is 5.97 Å². The first kappa shape index (κ1) is 18.0. The van der Waals surface area contributed by atoms with Gasteiger partial charge in [0.25, 0.3) is 0 Å². The van der Waals surface area contributed by atoms with Crippen LogP contribution < -0.4 is 0 Å². The molecule has 1 aromatic rings. The van der Waals surface area contributed by atoms with Gasteiger partial charge in [-0.1, -0.05) is 25.6 Å². The van der Waals surface area contributed by atoms with E-state index in [1.54, 1.807) is 0 Å². The van der Waals surface area contributed by atoms with Crippen LogP contribution >= 0.6 is 11.8 Å². The average Bonchev–Trinajstić information content (AvgIpc) is 2.78. The summed E-state index contributed by atoms with van der Waals surface area (Å²) in [7, 11) is 0. The number of ether oxygens (including phenoxy) is 1. The Morgan fingerprint density at radius 1 is 1.38 bits per heavy atom. The van der Waals surface area contributed by atoms with Crippen LogP contribution in [0.5, 0.6) is 0 Å². The lowest BCUT2D eigenvalue weighted by molar-refractivity contribution is -0.133. The second kappa shape index (κ2) is 9.10. The fourth-order valence-corrected chi connectivity index (χ4v) is 2.72. The molecule has 0 bridgehead atoms. The molecule has 0 aliphatic rings. The fraction of sp³-hybridized carbons (Fsp3) is 0.733. The minimum Gasteiger partial charge on any atom is -0.481 e. The summed E-state index contributed by atoms with van der Waals surface area (Å²) in [6, 6.07) is 0. The minimum absolute atomic E-state index is 0.0466. The van der Waals surface area contributed by atoms with Crippen molar-refractivity contribution < 1.29 is 14.6 Å². The number of aromatic nitrogens is 2. The number of thioether (sulfide) groups is 1. The smallest absolute Gasteiger partial charge is 0.313 e. The molecule has 0 spiro atoms. The Hall–Kier alpha value is -1.01. The van der Waals surface area contributed by atoms with Crippen LogP contribution in [0.4, 0.5) is 0 Å². The zero-order chi connectivity index (χ0) is 15.8. The summed E-state index contributed by atoms with van der Waals surface area (Å²) in [5.41, 5.74) is 1.16. The largest absolute Gasteiger partial charge is 0.481 e. The summed E-state index contributed by atoms with van der Waals surface area (Å²) in [6.45, 7) is 9.95. The Labute approximate surface area is 131 Å². The van der Waals surface area contributed by atoms with E-state index in [9.17, 15) is 4.79 Å². The molecular formula is C15H26N2O3S. The number of rotatable bonds is 10. The lowest BCUT2D eigenvalue weighted by atomic mass is 10.1. The molecule has 0 aromatic carbocycles. The predicted octanol–water partition coefficient (Wildman–Crippen LogP) is 3.39. The molecule has 0 saturated carbocycles. The van der Waals surface area contributed by atoms with Gasteiger partial charge < -0.3 is 14.4 Å². The zero-order valence-electron chi connectivity index (χ0n) is 13.3. The van der Waals surface area contributed by atoms with Crippen molar-refractivity contribution in [2.45, 2.75) is 64.3 Å². The Balaban J connectivity index is 2.59. The summed E-state index contributed by atoms with van der Waals surface area (Å²) in [5, 5.41) is 9.60. The molecule has 1 heterocycles. The highest BCUT2D eigenvalue weighted by Crippen LogP contribution is 2.24. The normalized spacial score (nSPS) is 11.5. The number of imidazole rings is 1. The standard InChI is InChI=1S/C15H26N2O3S/c1-11(2)13-9-16-15(21-10-14(18)19)17(13)7-5-6-8-20-12(3)4/h9,11-12H,5-8,10H2,1-4H3,(H,18,19). The third kappa shape index (κ3) is 6.52. The van der Waals surface area contributed by atoms with E-state index in [0.29, 0.717) is 5.92 Å². The van der Waals surface area contributed by atoms with E-state index in [-0.39, 0.29) is 11.9 Å². The van der Waals surface area contributed by atoms with Gasteiger partial charge in [0.05, 0.1) is 11.9 Å². The number of carboxylic acids is 1. The van der Waals surface area contributed by atoms with E-state index in [2.05, 4.69) is 23.4 Å². The first-order valence-corrected chi connectivity index (χ1v) is 8.42. The van der Waals surface area contributed by atoms with Crippen LogP contribution in [0, 0.1) is 0 Å². The first-order chi connectivity index (χ1) is 9.91. The molecule has 0 radical (unpaired) electrons. The lowest BCUT2D eigenvalue weighted by Gasteiger charge is -2.14. The molecular weight excluding hydrogens is 288 g/mol. The Morgan fingerprint density at radius 2 is 2.10 bits per heavy atom. The third-order valence-corrected chi connectivity index (χ3v) is 3.97. The van der Waals surface area contributed by atoms with Gasteiger partial charge in [0.15, 0.2) is 5.16 Å². The van der Waals surface area contributed by atoms with Gasteiger partial charge in [-0.05, 0) is 32.6 Å². The number of aliphatic carboxylic acids is 1. The molecule has 5 nitrogen and oxygen atoms in total. The van der Waals surface area contributed by atoms with Gasteiger partial charge in [0.1, 0.15) is 0 Å². The highest BCUT2D eigenvalue weighted by Gasteiger charge is 2.14. The van der Waals surface area contributed by atoms with E-state index in [4.69, 9.17) is 9.84 Å². The highest BCUT2D eigenvalue weighted by atomic mass is 32.2. The summed E-state index contributed by atoms with van der Waals surface area (Å²) >= 11 is 1.28. The molecule has 120 valence electrons. The van der Waals surface area contributed by atoms with Crippen molar-refractivity contribution in [2.75, 3.05) is 12.4 Å². The molecule has 0 aliphatic carbocycles. The van der Waals surface area contributed by atoms with Crippen LogP contribution in [0.15, 0.2) is 11.4 Å². The van der Waals surface area contributed by atoms with Crippen LogP contribution in [-0.4, -0.2) is 39.1 Å². The van der Waals surface area contributed by atoms with Gasteiger partial charge >= 0.3 is 5.97 Å². The molecule has 6 heteroatoms. The lowest BCUT2D eigenvalue weighted by Crippen LogP contribution is -2.09.